The van der Waals surface area contributed by atoms with E-state index in [0.717, 1.165) is 5.57 Å². The summed E-state index contributed by atoms with van der Waals surface area (Å²) in [6, 6.07) is 0. The molecular formula is C11H18O2Si. The van der Waals surface area contributed by atoms with E-state index in [1.165, 1.54) is 7.11 Å². The van der Waals surface area contributed by atoms with Crippen molar-refractivity contribution >= 4 is 14.0 Å². The van der Waals surface area contributed by atoms with Crippen LogP contribution in [-0.2, 0) is 9.53 Å². The third-order valence-corrected chi connectivity index (χ3v) is 2.38. The van der Waals surface area contributed by atoms with Crippen molar-refractivity contribution < 1.29 is 9.53 Å². The van der Waals surface area contributed by atoms with E-state index in [1.54, 1.807) is 0 Å². The highest BCUT2D eigenvalue weighted by molar-refractivity contribution is 6.83. The summed E-state index contributed by atoms with van der Waals surface area (Å²) in [4.78, 5) is 11.0. The number of methoxy groups -OCH3 is 1. The monoisotopic (exact) mass is 210 g/mol. The van der Waals surface area contributed by atoms with E-state index >= 15 is 0 Å². The van der Waals surface area contributed by atoms with E-state index in [2.05, 4.69) is 35.8 Å². The second-order valence-corrected chi connectivity index (χ2v) is 8.82. The number of esters is 1. The van der Waals surface area contributed by atoms with Crippen LogP contribution in [0.5, 0.6) is 0 Å². The summed E-state index contributed by atoms with van der Waals surface area (Å²) in [5, 5.41) is 0. The van der Waals surface area contributed by atoms with Gasteiger partial charge in [-0.3, -0.25) is 4.79 Å². The lowest BCUT2D eigenvalue weighted by Gasteiger charge is -2.04. The number of hydrogen-bond acceptors (Lipinski definition) is 2. The second kappa shape index (κ2) is 5.66. The van der Waals surface area contributed by atoms with Gasteiger partial charge in [-0.1, -0.05) is 31.6 Å². The van der Waals surface area contributed by atoms with Crippen LogP contribution in [-0.4, -0.2) is 21.2 Å². The first kappa shape index (κ1) is 13.0. The fourth-order valence-electron chi connectivity index (χ4n) is 0.714. The summed E-state index contributed by atoms with van der Waals surface area (Å²) >= 11 is 0. The van der Waals surface area contributed by atoms with E-state index in [4.69, 9.17) is 0 Å². The fourth-order valence-corrected chi connectivity index (χ4v) is 1.25. The summed E-state index contributed by atoms with van der Waals surface area (Å²) in [6.45, 7) is 8.40. The molecule has 14 heavy (non-hydrogen) atoms. The van der Waals surface area contributed by atoms with Crippen LogP contribution in [0, 0.1) is 11.5 Å². The van der Waals surface area contributed by atoms with Gasteiger partial charge < -0.3 is 4.74 Å². The van der Waals surface area contributed by atoms with Crippen molar-refractivity contribution in [1.82, 2.24) is 0 Å². The molecule has 0 atom stereocenters. The molecule has 0 saturated heterocycles. The van der Waals surface area contributed by atoms with Gasteiger partial charge in [0.2, 0.25) is 0 Å². The number of hydrogen-bond donors (Lipinski definition) is 0. The van der Waals surface area contributed by atoms with Crippen molar-refractivity contribution in [3.63, 3.8) is 0 Å². The zero-order chi connectivity index (χ0) is 11.2. The van der Waals surface area contributed by atoms with Crippen LogP contribution < -0.4 is 0 Å². The number of rotatable bonds is 2. The van der Waals surface area contributed by atoms with Crippen LogP contribution in [0.2, 0.25) is 19.6 Å². The molecule has 78 valence electrons. The molecule has 0 radical (unpaired) electrons. The molecule has 0 aromatic carbocycles. The predicted molar refractivity (Wildman–Crippen MR) is 61.5 cm³/mol. The van der Waals surface area contributed by atoms with E-state index in [9.17, 15) is 4.79 Å². The van der Waals surface area contributed by atoms with Crippen LogP contribution in [0.25, 0.3) is 0 Å². The van der Waals surface area contributed by atoms with Crippen molar-refractivity contribution in [2.45, 2.75) is 33.0 Å². The average Bonchev–Trinajstić information content (AvgIpc) is 2.10. The maximum absolute atomic E-state index is 11.0. The van der Waals surface area contributed by atoms with Gasteiger partial charge in [-0.25, -0.2) is 0 Å². The fraction of sp³-hybridized carbons (Fsp3) is 0.545. The number of ether oxygens (including phenoxy) is 1. The molecule has 0 spiro atoms. The van der Waals surface area contributed by atoms with E-state index < -0.39 is 8.07 Å². The lowest BCUT2D eigenvalue weighted by Crippen LogP contribution is -2.16. The lowest BCUT2D eigenvalue weighted by molar-refractivity contribution is -0.139. The quantitative estimate of drug-likeness (QED) is 0.397. The van der Waals surface area contributed by atoms with Gasteiger partial charge in [-0.15, -0.1) is 5.54 Å². The molecule has 0 rings (SSSR count). The highest BCUT2D eigenvalue weighted by atomic mass is 28.3. The van der Waals surface area contributed by atoms with Gasteiger partial charge in [0, 0.05) is 5.57 Å². The van der Waals surface area contributed by atoms with Crippen molar-refractivity contribution in [2.75, 3.05) is 7.11 Å². The van der Waals surface area contributed by atoms with Gasteiger partial charge in [-0.2, -0.15) is 0 Å². The lowest BCUT2D eigenvalue weighted by atomic mass is 10.2. The minimum atomic E-state index is -1.35. The maximum atomic E-state index is 11.0. The smallest absolute Gasteiger partial charge is 0.310 e. The molecule has 0 aromatic rings. The van der Waals surface area contributed by atoms with Gasteiger partial charge in [0.15, 0.2) is 0 Å². The molecule has 0 N–H and O–H groups in total. The van der Waals surface area contributed by atoms with Crippen LogP contribution in [0.4, 0.5) is 0 Å². The first-order valence-electron chi connectivity index (χ1n) is 4.64. The van der Waals surface area contributed by atoms with Gasteiger partial charge in [-0.05, 0) is 6.92 Å². The van der Waals surface area contributed by atoms with Crippen LogP contribution in [0.15, 0.2) is 11.6 Å². The Morgan fingerprint density at radius 1 is 1.43 bits per heavy atom. The first-order chi connectivity index (χ1) is 6.39. The summed E-state index contributed by atoms with van der Waals surface area (Å²) < 4.78 is 4.58. The minimum Gasteiger partial charge on any atom is -0.469 e. The SMILES string of the molecule is C/C=C(\C#C[Si](C)(C)C)CC(=O)OC. The van der Waals surface area contributed by atoms with Gasteiger partial charge in [0.05, 0.1) is 13.5 Å². The Kier molecular flexibility index (Phi) is 5.25. The van der Waals surface area contributed by atoms with Crippen LogP contribution in [0.3, 0.4) is 0 Å². The summed E-state index contributed by atoms with van der Waals surface area (Å²) in [7, 11) is 0.0389. The third-order valence-electron chi connectivity index (χ3n) is 1.51. The summed E-state index contributed by atoms with van der Waals surface area (Å²) in [5.74, 6) is 2.81. The Hall–Kier alpha value is -1.01. The standard InChI is InChI=1S/C11H18O2Si/c1-6-10(9-11(12)13-2)7-8-14(3,4)5/h6H,9H2,1-5H3/b10-6+. The van der Waals surface area contributed by atoms with E-state index in [-0.39, 0.29) is 12.4 Å². The largest absolute Gasteiger partial charge is 0.469 e. The van der Waals surface area contributed by atoms with Crippen molar-refractivity contribution in [3.8, 4) is 11.5 Å². The number of carbonyl (C=O) groups is 1. The average molecular weight is 210 g/mol. The zero-order valence-electron chi connectivity index (χ0n) is 9.60. The highest BCUT2D eigenvalue weighted by Gasteiger charge is 2.08. The second-order valence-electron chi connectivity index (χ2n) is 4.07. The Labute approximate surface area is 87.4 Å². The Balaban J connectivity index is 4.45. The molecule has 3 heteroatoms. The van der Waals surface area contributed by atoms with Crippen LogP contribution >= 0.6 is 0 Å². The minimum absolute atomic E-state index is 0.233. The maximum Gasteiger partial charge on any atom is 0.310 e. The summed E-state index contributed by atoms with van der Waals surface area (Å²) in [6.07, 6.45) is 2.15. The van der Waals surface area contributed by atoms with Crippen molar-refractivity contribution in [1.29, 1.82) is 0 Å². The number of allylic oxidation sites excluding steroid dienone is 1. The third kappa shape index (κ3) is 6.50. The molecule has 0 unspecified atom stereocenters. The number of carbonyl (C=O) groups excluding carboxylic acids is 1. The van der Waals surface area contributed by atoms with Crippen molar-refractivity contribution in [2.24, 2.45) is 0 Å². The molecule has 0 aromatic heterocycles. The molecule has 0 aliphatic heterocycles. The molecule has 0 saturated carbocycles. The highest BCUT2D eigenvalue weighted by Crippen LogP contribution is 2.03. The molecule has 0 heterocycles. The molecule has 0 aliphatic carbocycles. The van der Waals surface area contributed by atoms with Crippen molar-refractivity contribution in [3.05, 3.63) is 11.6 Å². The molecule has 0 bridgehead atoms. The van der Waals surface area contributed by atoms with E-state index in [1.807, 2.05) is 13.0 Å². The molecule has 2 nitrogen and oxygen atoms in total. The molecule has 0 amide bonds. The molecule has 0 aliphatic rings. The predicted octanol–water partition coefficient (Wildman–Crippen LogP) is 2.38. The zero-order valence-corrected chi connectivity index (χ0v) is 10.6. The Morgan fingerprint density at radius 2 is 2.00 bits per heavy atom. The Bertz CT molecular complexity index is 287. The van der Waals surface area contributed by atoms with E-state index in [0.29, 0.717) is 0 Å². The topological polar surface area (TPSA) is 26.3 Å². The molecular weight excluding hydrogens is 192 g/mol. The Morgan fingerprint density at radius 3 is 2.36 bits per heavy atom. The normalized spacial score (nSPS) is 11.6. The molecule has 0 fully saturated rings. The summed E-state index contributed by atoms with van der Waals surface area (Å²) in [5.41, 5.74) is 4.06. The van der Waals surface area contributed by atoms with Gasteiger partial charge in [0.1, 0.15) is 8.07 Å². The first-order valence-corrected chi connectivity index (χ1v) is 8.14. The van der Waals surface area contributed by atoms with Gasteiger partial charge >= 0.3 is 5.97 Å². The van der Waals surface area contributed by atoms with Crippen LogP contribution in [0.1, 0.15) is 13.3 Å². The van der Waals surface area contributed by atoms with Gasteiger partial charge in [0.25, 0.3) is 0 Å².